The lowest BCUT2D eigenvalue weighted by molar-refractivity contribution is -0.129. The summed E-state index contributed by atoms with van der Waals surface area (Å²) in [7, 11) is 2.10. The Morgan fingerprint density at radius 1 is 1.12 bits per heavy atom. The summed E-state index contributed by atoms with van der Waals surface area (Å²) in [4.78, 5) is 47.7. The van der Waals surface area contributed by atoms with Crippen molar-refractivity contribution in [2.75, 3.05) is 46.3 Å². The molecule has 2 fully saturated rings. The number of carbonyl (C=O) groups is 3. The van der Waals surface area contributed by atoms with Crippen LogP contribution in [0.2, 0.25) is 5.02 Å². The van der Waals surface area contributed by atoms with Crippen LogP contribution in [-0.4, -0.2) is 90.9 Å². The molecule has 2 heterocycles. The molecule has 9 nitrogen and oxygen atoms in total. The van der Waals surface area contributed by atoms with Gasteiger partial charge < -0.3 is 20.9 Å². The Bertz CT molecular complexity index is 1210. The Labute approximate surface area is 245 Å². The molecule has 11 heteroatoms. The first-order valence-corrected chi connectivity index (χ1v) is 15.4. The summed E-state index contributed by atoms with van der Waals surface area (Å²) in [5.41, 5.74) is 1.34. The van der Waals surface area contributed by atoms with Crippen LogP contribution in [0.5, 0.6) is 0 Å². The van der Waals surface area contributed by atoms with Crippen LogP contribution >= 0.6 is 22.9 Å². The van der Waals surface area contributed by atoms with Gasteiger partial charge in [0.15, 0.2) is 0 Å². The molecular weight excluding hydrogens is 548 g/mol. The number of benzene rings is 1. The van der Waals surface area contributed by atoms with Gasteiger partial charge in [-0.1, -0.05) is 37.4 Å². The van der Waals surface area contributed by atoms with Crippen LogP contribution in [0, 0.1) is 5.92 Å². The SMILES string of the molecule is C=C(CN1CCN(C)CC1)C(=O)NC[C@@H](NC(=O)[C@H](Cc1nc2ccc(Cl)cc2s1)NC(C)=O)C1CCCCC1. The van der Waals surface area contributed by atoms with Gasteiger partial charge in [0, 0.05) is 69.3 Å². The fraction of sp³-hybridized carbons (Fsp3) is 0.586. The molecule has 1 saturated carbocycles. The third kappa shape index (κ3) is 8.73. The van der Waals surface area contributed by atoms with Crippen molar-refractivity contribution >= 4 is 50.9 Å². The molecule has 218 valence electrons. The molecule has 3 N–H and O–H groups in total. The molecule has 4 rings (SSSR count). The van der Waals surface area contributed by atoms with Crippen LogP contribution < -0.4 is 16.0 Å². The number of rotatable bonds is 11. The molecular formula is C29H41ClN6O3S. The van der Waals surface area contributed by atoms with Crippen LogP contribution in [0.25, 0.3) is 10.2 Å². The van der Waals surface area contributed by atoms with E-state index in [2.05, 4.69) is 44.4 Å². The number of thiazole rings is 1. The Kier molecular flexibility index (Phi) is 10.9. The lowest BCUT2D eigenvalue weighted by atomic mass is 9.83. The molecule has 0 spiro atoms. The van der Waals surface area contributed by atoms with Crippen molar-refractivity contribution in [2.24, 2.45) is 5.92 Å². The number of likely N-dealkylation sites (N-methyl/N-ethyl adjacent to an activating group) is 1. The first-order valence-electron chi connectivity index (χ1n) is 14.2. The third-order valence-electron chi connectivity index (χ3n) is 7.83. The molecule has 1 aromatic carbocycles. The average Bonchev–Trinajstić information content (AvgIpc) is 3.33. The number of aromatic nitrogens is 1. The molecule has 2 aliphatic rings. The standard InChI is InChI=1S/C29H41ClN6O3S/c1-19(18-36-13-11-35(3)12-14-36)28(38)31-17-25(21-7-5-4-6-8-21)34-29(39)24(32-20(2)37)16-27-33-23-10-9-22(30)15-26(23)40-27/h9-10,15,21,24-25H,1,4-8,11-14,16-18H2,2-3H3,(H,31,38)(H,32,37)(H,34,39)/t24-,25+/m0/s1. The van der Waals surface area contributed by atoms with Crippen LogP contribution in [0.3, 0.4) is 0 Å². The number of carbonyl (C=O) groups excluding carboxylic acids is 3. The smallest absolute Gasteiger partial charge is 0.247 e. The summed E-state index contributed by atoms with van der Waals surface area (Å²) in [5.74, 6) is -0.479. The Hall–Kier alpha value is -2.53. The van der Waals surface area contributed by atoms with Gasteiger partial charge in [0.05, 0.1) is 15.2 Å². The van der Waals surface area contributed by atoms with Gasteiger partial charge in [0.25, 0.3) is 0 Å². The van der Waals surface area contributed by atoms with Crippen molar-refractivity contribution in [1.29, 1.82) is 0 Å². The number of amides is 3. The zero-order valence-electron chi connectivity index (χ0n) is 23.5. The molecule has 1 aromatic heterocycles. The van der Waals surface area contributed by atoms with E-state index in [1.165, 1.54) is 24.7 Å². The van der Waals surface area contributed by atoms with E-state index in [1.807, 2.05) is 12.1 Å². The zero-order valence-corrected chi connectivity index (χ0v) is 25.1. The van der Waals surface area contributed by atoms with E-state index in [9.17, 15) is 14.4 Å². The molecule has 40 heavy (non-hydrogen) atoms. The first kappa shape index (κ1) is 30.4. The summed E-state index contributed by atoms with van der Waals surface area (Å²) < 4.78 is 0.934. The Morgan fingerprint density at radius 2 is 1.85 bits per heavy atom. The minimum Gasteiger partial charge on any atom is -0.350 e. The van der Waals surface area contributed by atoms with Gasteiger partial charge >= 0.3 is 0 Å². The summed E-state index contributed by atoms with van der Waals surface area (Å²) >= 11 is 7.59. The van der Waals surface area contributed by atoms with Gasteiger partial charge in [-0.15, -0.1) is 11.3 Å². The van der Waals surface area contributed by atoms with Crippen molar-refractivity contribution in [3.8, 4) is 0 Å². The normalized spacial score (nSPS) is 18.7. The fourth-order valence-corrected chi connectivity index (χ4v) is 6.78. The molecule has 1 saturated heterocycles. The van der Waals surface area contributed by atoms with Gasteiger partial charge in [0.2, 0.25) is 17.7 Å². The molecule has 0 radical (unpaired) electrons. The van der Waals surface area contributed by atoms with E-state index in [4.69, 9.17) is 11.6 Å². The molecule has 2 atom stereocenters. The zero-order chi connectivity index (χ0) is 28.6. The number of halogens is 1. The summed E-state index contributed by atoms with van der Waals surface area (Å²) in [5, 5.41) is 10.4. The van der Waals surface area contributed by atoms with Gasteiger partial charge in [0.1, 0.15) is 6.04 Å². The molecule has 3 amide bonds. The number of fused-ring (bicyclic) bond motifs is 1. The lowest BCUT2D eigenvalue weighted by Gasteiger charge is -2.33. The Balaban J connectivity index is 1.40. The van der Waals surface area contributed by atoms with Gasteiger partial charge in [-0.2, -0.15) is 0 Å². The highest BCUT2D eigenvalue weighted by Crippen LogP contribution is 2.28. The predicted molar refractivity (Wildman–Crippen MR) is 161 cm³/mol. The van der Waals surface area contributed by atoms with Gasteiger partial charge in [-0.25, -0.2) is 4.98 Å². The van der Waals surface area contributed by atoms with Crippen molar-refractivity contribution in [1.82, 2.24) is 30.7 Å². The highest BCUT2D eigenvalue weighted by Gasteiger charge is 2.30. The minimum absolute atomic E-state index is 0.180. The van der Waals surface area contributed by atoms with Crippen molar-refractivity contribution in [3.05, 3.63) is 40.4 Å². The number of nitrogens with zero attached hydrogens (tertiary/aromatic N) is 3. The second kappa shape index (κ2) is 14.4. The van der Waals surface area contributed by atoms with Crippen LogP contribution in [0.1, 0.15) is 44.0 Å². The van der Waals surface area contributed by atoms with Crippen molar-refractivity contribution in [3.63, 3.8) is 0 Å². The first-order chi connectivity index (χ1) is 19.2. The molecule has 2 aromatic rings. The van der Waals surface area contributed by atoms with E-state index in [1.54, 1.807) is 6.07 Å². The molecule has 1 aliphatic carbocycles. The highest BCUT2D eigenvalue weighted by molar-refractivity contribution is 7.18. The predicted octanol–water partition coefficient (Wildman–Crippen LogP) is 2.98. The number of hydrogen-bond acceptors (Lipinski definition) is 7. The maximum absolute atomic E-state index is 13.6. The van der Waals surface area contributed by atoms with E-state index in [0.717, 1.165) is 67.1 Å². The summed E-state index contributed by atoms with van der Waals surface area (Å²) in [6.07, 6.45) is 5.64. The molecule has 0 bridgehead atoms. The van der Waals surface area contributed by atoms with Crippen LogP contribution in [-0.2, 0) is 20.8 Å². The number of hydrogen-bond donors (Lipinski definition) is 3. The number of piperazine rings is 1. The Morgan fingerprint density at radius 3 is 2.55 bits per heavy atom. The van der Waals surface area contributed by atoms with Crippen molar-refractivity contribution in [2.45, 2.75) is 57.5 Å². The summed E-state index contributed by atoms with van der Waals surface area (Å²) in [6.45, 7) is 10.1. The van der Waals surface area contributed by atoms with E-state index < -0.39 is 6.04 Å². The third-order valence-corrected chi connectivity index (χ3v) is 9.10. The second-order valence-corrected chi connectivity index (χ2v) is 12.6. The fourth-order valence-electron chi connectivity index (χ4n) is 5.49. The highest BCUT2D eigenvalue weighted by atomic mass is 35.5. The van der Waals surface area contributed by atoms with Gasteiger partial charge in [-0.05, 0) is 44.0 Å². The maximum atomic E-state index is 13.6. The topological polar surface area (TPSA) is 107 Å². The van der Waals surface area contributed by atoms with Crippen LogP contribution in [0.15, 0.2) is 30.4 Å². The summed E-state index contributed by atoms with van der Waals surface area (Å²) in [6, 6.07) is 4.48. The van der Waals surface area contributed by atoms with Gasteiger partial charge in [-0.3, -0.25) is 19.3 Å². The largest absolute Gasteiger partial charge is 0.350 e. The quantitative estimate of drug-likeness (QED) is 0.349. The van der Waals surface area contributed by atoms with Crippen LogP contribution in [0.4, 0.5) is 0 Å². The minimum atomic E-state index is -0.775. The maximum Gasteiger partial charge on any atom is 0.247 e. The molecule has 1 aliphatic heterocycles. The second-order valence-electron chi connectivity index (χ2n) is 11.1. The van der Waals surface area contributed by atoms with E-state index >= 15 is 0 Å². The molecule has 0 unspecified atom stereocenters. The monoisotopic (exact) mass is 588 g/mol. The lowest BCUT2D eigenvalue weighted by Crippen LogP contribution is -2.55. The van der Waals surface area contributed by atoms with E-state index in [0.29, 0.717) is 23.7 Å². The van der Waals surface area contributed by atoms with E-state index in [-0.39, 0.29) is 36.1 Å². The number of nitrogens with one attached hydrogen (secondary N) is 3. The average molecular weight is 589 g/mol. The van der Waals surface area contributed by atoms with Crippen molar-refractivity contribution < 1.29 is 14.4 Å².